The van der Waals surface area contributed by atoms with Gasteiger partial charge < -0.3 is 10.8 Å². The first kappa shape index (κ1) is 14.5. The van der Waals surface area contributed by atoms with E-state index in [4.69, 9.17) is 5.73 Å². The first-order valence-electron chi connectivity index (χ1n) is 7.02. The second-order valence-electron chi connectivity index (χ2n) is 5.61. The van der Waals surface area contributed by atoms with Gasteiger partial charge in [-0.1, -0.05) is 44.2 Å². The number of nitrogens with zero attached hydrogens (tertiary/aromatic N) is 1. The summed E-state index contributed by atoms with van der Waals surface area (Å²) < 4.78 is 0. The zero-order valence-corrected chi connectivity index (χ0v) is 12.1. The fourth-order valence-electron chi connectivity index (χ4n) is 2.30. The maximum atomic E-state index is 10.3. The topological polar surface area (TPSA) is 59.1 Å². The van der Waals surface area contributed by atoms with E-state index in [-0.39, 0.29) is 0 Å². The lowest BCUT2D eigenvalue weighted by atomic mass is 9.98. The van der Waals surface area contributed by atoms with E-state index in [2.05, 4.69) is 31.0 Å². The summed E-state index contributed by atoms with van der Waals surface area (Å²) >= 11 is 0. The van der Waals surface area contributed by atoms with Gasteiger partial charge in [0.05, 0.1) is 6.10 Å². The Kier molecular flexibility index (Phi) is 4.74. The average Bonchev–Trinajstić information content (AvgIpc) is 2.41. The highest BCUT2D eigenvalue weighted by molar-refractivity contribution is 5.39. The number of rotatable bonds is 5. The third kappa shape index (κ3) is 3.81. The van der Waals surface area contributed by atoms with E-state index in [1.54, 1.807) is 6.20 Å². The van der Waals surface area contributed by atoms with Crippen molar-refractivity contribution in [1.29, 1.82) is 0 Å². The van der Waals surface area contributed by atoms with Crippen LogP contribution >= 0.6 is 0 Å². The summed E-state index contributed by atoms with van der Waals surface area (Å²) in [6.07, 6.45) is 2.66. The van der Waals surface area contributed by atoms with E-state index in [0.717, 1.165) is 17.5 Å². The molecule has 0 aliphatic carbocycles. The normalized spacial score (nSPS) is 12.6. The van der Waals surface area contributed by atoms with Crippen LogP contribution in [0.5, 0.6) is 0 Å². The number of anilines is 1. The van der Waals surface area contributed by atoms with Gasteiger partial charge in [-0.3, -0.25) is 0 Å². The Balaban J connectivity index is 2.06. The van der Waals surface area contributed by atoms with E-state index in [1.807, 2.05) is 24.3 Å². The van der Waals surface area contributed by atoms with Crippen molar-refractivity contribution in [1.82, 2.24) is 4.98 Å². The van der Waals surface area contributed by atoms with Crippen LogP contribution in [0.1, 0.15) is 36.6 Å². The number of benzene rings is 1. The van der Waals surface area contributed by atoms with Crippen molar-refractivity contribution in [3.05, 3.63) is 59.3 Å². The molecule has 1 aromatic heterocycles. The molecule has 3 N–H and O–H groups in total. The lowest BCUT2D eigenvalue weighted by Gasteiger charge is -2.13. The zero-order valence-electron chi connectivity index (χ0n) is 12.1. The van der Waals surface area contributed by atoms with Crippen LogP contribution in [-0.2, 0) is 12.8 Å². The van der Waals surface area contributed by atoms with Gasteiger partial charge in [-0.15, -0.1) is 0 Å². The summed E-state index contributed by atoms with van der Waals surface area (Å²) in [4.78, 5) is 4.04. The van der Waals surface area contributed by atoms with Crippen molar-refractivity contribution < 1.29 is 5.11 Å². The number of pyridine rings is 1. The average molecular weight is 270 g/mol. The first-order valence-corrected chi connectivity index (χ1v) is 7.02. The molecule has 0 aliphatic heterocycles. The van der Waals surface area contributed by atoms with Gasteiger partial charge in [0.25, 0.3) is 0 Å². The van der Waals surface area contributed by atoms with Gasteiger partial charge in [0.15, 0.2) is 0 Å². The molecule has 0 radical (unpaired) electrons. The van der Waals surface area contributed by atoms with Crippen molar-refractivity contribution in [3.8, 4) is 0 Å². The highest BCUT2D eigenvalue weighted by Gasteiger charge is 2.11. The predicted molar refractivity (Wildman–Crippen MR) is 82.3 cm³/mol. The first-order chi connectivity index (χ1) is 9.56. The van der Waals surface area contributed by atoms with E-state index < -0.39 is 6.10 Å². The van der Waals surface area contributed by atoms with Crippen molar-refractivity contribution in [2.75, 3.05) is 5.73 Å². The van der Waals surface area contributed by atoms with Crippen LogP contribution in [0.15, 0.2) is 42.6 Å². The summed E-state index contributed by atoms with van der Waals surface area (Å²) in [7, 11) is 0. The number of nitrogen functional groups attached to an aromatic ring is 1. The van der Waals surface area contributed by atoms with Crippen LogP contribution in [-0.4, -0.2) is 10.1 Å². The molecule has 0 amide bonds. The molecule has 1 unspecified atom stereocenters. The minimum absolute atomic E-state index is 0.489. The van der Waals surface area contributed by atoms with Crippen molar-refractivity contribution in [2.45, 2.75) is 32.8 Å². The number of nitrogens with two attached hydrogens (primary N) is 1. The Morgan fingerprint density at radius 2 is 1.80 bits per heavy atom. The van der Waals surface area contributed by atoms with Crippen LogP contribution < -0.4 is 5.73 Å². The standard InChI is InChI=1S/C17H22N2O/c1-12(2)10-13-5-7-14(8-6-13)16(20)11-15-4-3-9-19-17(15)18/h3-9,12,16,20H,10-11H2,1-2H3,(H2,18,19). The number of aliphatic hydroxyl groups excluding tert-OH is 1. The summed E-state index contributed by atoms with van der Waals surface area (Å²) in [5.74, 6) is 1.13. The second kappa shape index (κ2) is 6.53. The minimum Gasteiger partial charge on any atom is -0.388 e. The molecule has 3 heteroatoms. The Bertz CT molecular complexity index is 549. The molecule has 0 saturated carbocycles. The number of aliphatic hydroxyl groups is 1. The molecule has 2 aromatic rings. The molecule has 0 spiro atoms. The number of aromatic nitrogens is 1. The van der Waals surface area contributed by atoms with Gasteiger partial charge in [-0.05, 0) is 35.1 Å². The van der Waals surface area contributed by atoms with Crippen molar-refractivity contribution in [3.63, 3.8) is 0 Å². The largest absolute Gasteiger partial charge is 0.388 e. The van der Waals surface area contributed by atoms with Crippen molar-refractivity contribution >= 4 is 5.82 Å². The monoisotopic (exact) mass is 270 g/mol. The van der Waals surface area contributed by atoms with Crippen molar-refractivity contribution in [2.24, 2.45) is 5.92 Å². The smallest absolute Gasteiger partial charge is 0.126 e. The fourth-order valence-corrected chi connectivity index (χ4v) is 2.30. The summed E-state index contributed by atoms with van der Waals surface area (Å²) in [6.45, 7) is 4.40. The maximum absolute atomic E-state index is 10.3. The van der Waals surface area contributed by atoms with Crippen LogP contribution in [0, 0.1) is 5.92 Å². The molecule has 0 saturated heterocycles. The summed E-state index contributed by atoms with van der Waals surface area (Å²) in [5, 5.41) is 10.3. The lowest BCUT2D eigenvalue weighted by molar-refractivity contribution is 0.178. The molecule has 20 heavy (non-hydrogen) atoms. The molecular weight excluding hydrogens is 248 g/mol. The Morgan fingerprint density at radius 3 is 2.40 bits per heavy atom. The summed E-state index contributed by atoms with van der Waals surface area (Å²) in [5.41, 5.74) is 8.90. The summed E-state index contributed by atoms with van der Waals surface area (Å²) in [6, 6.07) is 11.9. The molecule has 0 aliphatic rings. The minimum atomic E-state index is -0.547. The molecule has 0 bridgehead atoms. The molecular formula is C17H22N2O. The highest BCUT2D eigenvalue weighted by Crippen LogP contribution is 2.21. The van der Waals surface area contributed by atoms with Gasteiger partial charge in [0.1, 0.15) is 5.82 Å². The van der Waals surface area contributed by atoms with Gasteiger partial charge in [-0.25, -0.2) is 4.98 Å². The molecule has 106 valence electrons. The van der Waals surface area contributed by atoms with Crippen LogP contribution in [0.2, 0.25) is 0 Å². The van der Waals surface area contributed by atoms with Crippen LogP contribution in [0.4, 0.5) is 5.82 Å². The highest BCUT2D eigenvalue weighted by atomic mass is 16.3. The Morgan fingerprint density at radius 1 is 1.10 bits per heavy atom. The molecule has 2 rings (SSSR count). The third-order valence-corrected chi connectivity index (χ3v) is 3.35. The lowest BCUT2D eigenvalue weighted by Crippen LogP contribution is -2.05. The SMILES string of the molecule is CC(C)Cc1ccc(C(O)Cc2cccnc2N)cc1. The van der Waals surface area contributed by atoms with Gasteiger partial charge >= 0.3 is 0 Å². The molecule has 1 atom stereocenters. The second-order valence-corrected chi connectivity index (χ2v) is 5.61. The van der Waals surface area contributed by atoms with Crippen LogP contribution in [0.25, 0.3) is 0 Å². The molecule has 1 heterocycles. The Labute approximate surface area is 120 Å². The third-order valence-electron chi connectivity index (χ3n) is 3.35. The maximum Gasteiger partial charge on any atom is 0.126 e. The molecule has 0 fully saturated rings. The molecule has 1 aromatic carbocycles. The Hall–Kier alpha value is -1.87. The van der Waals surface area contributed by atoms with E-state index >= 15 is 0 Å². The van der Waals surface area contributed by atoms with Gasteiger partial charge in [0.2, 0.25) is 0 Å². The predicted octanol–water partition coefficient (Wildman–Crippen LogP) is 3.14. The van der Waals surface area contributed by atoms with E-state index in [1.165, 1.54) is 5.56 Å². The number of hydrogen-bond acceptors (Lipinski definition) is 3. The number of hydrogen-bond donors (Lipinski definition) is 2. The molecule has 3 nitrogen and oxygen atoms in total. The zero-order chi connectivity index (χ0) is 14.5. The van der Waals surface area contributed by atoms with E-state index in [9.17, 15) is 5.11 Å². The van der Waals surface area contributed by atoms with Gasteiger partial charge in [-0.2, -0.15) is 0 Å². The van der Waals surface area contributed by atoms with Crippen LogP contribution in [0.3, 0.4) is 0 Å². The van der Waals surface area contributed by atoms with Gasteiger partial charge in [0, 0.05) is 12.6 Å². The van der Waals surface area contributed by atoms with E-state index in [0.29, 0.717) is 18.2 Å². The fraction of sp³-hybridized carbons (Fsp3) is 0.353. The quantitative estimate of drug-likeness (QED) is 0.877.